The van der Waals surface area contributed by atoms with Gasteiger partial charge in [0.15, 0.2) is 0 Å². The van der Waals surface area contributed by atoms with E-state index < -0.39 is 10.0 Å². The molecule has 22 heavy (non-hydrogen) atoms. The van der Waals surface area contributed by atoms with E-state index in [9.17, 15) is 13.2 Å². The molecule has 1 aromatic rings. The third kappa shape index (κ3) is 3.14. The minimum atomic E-state index is -3.70. The Morgan fingerprint density at radius 3 is 2.64 bits per heavy atom. The Balaban J connectivity index is 1.75. The van der Waals surface area contributed by atoms with Gasteiger partial charge in [0, 0.05) is 38.4 Å². The Bertz CT molecular complexity index is 683. The summed E-state index contributed by atoms with van der Waals surface area (Å²) in [7, 11) is -3.70. The standard InChI is InChI=1S/C14H20N4O3S/c15-22(20,21)12-1-2-13-11(9-12)3-6-18(13)14(19)10-17-7-4-16-5-8-17/h1-2,9,16H,3-8,10H2,(H2,15,20,21). The van der Waals surface area contributed by atoms with Gasteiger partial charge in [-0.3, -0.25) is 9.69 Å². The highest BCUT2D eigenvalue weighted by molar-refractivity contribution is 7.89. The van der Waals surface area contributed by atoms with E-state index in [0.29, 0.717) is 19.5 Å². The second-order valence-electron chi connectivity index (χ2n) is 5.66. The Morgan fingerprint density at radius 1 is 1.23 bits per heavy atom. The third-order valence-electron chi connectivity index (χ3n) is 4.14. The molecule has 1 fully saturated rings. The van der Waals surface area contributed by atoms with Crippen LogP contribution in [0.5, 0.6) is 0 Å². The SMILES string of the molecule is NS(=O)(=O)c1ccc2c(c1)CCN2C(=O)CN1CCNCC1. The molecule has 0 aromatic heterocycles. The molecule has 7 nitrogen and oxygen atoms in total. The molecule has 0 saturated carbocycles. The molecule has 0 unspecified atom stereocenters. The highest BCUT2D eigenvalue weighted by atomic mass is 32.2. The lowest BCUT2D eigenvalue weighted by atomic mass is 10.2. The maximum Gasteiger partial charge on any atom is 0.241 e. The average molecular weight is 324 g/mol. The lowest BCUT2D eigenvalue weighted by Crippen LogP contribution is -2.48. The normalized spacial score (nSPS) is 19.2. The van der Waals surface area contributed by atoms with Crippen LogP contribution in [0, 0.1) is 0 Å². The lowest BCUT2D eigenvalue weighted by molar-refractivity contribution is -0.119. The number of hydrogen-bond donors (Lipinski definition) is 2. The minimum Gasteiger partial charge on any atom is -0.314 e. The zero-order valence-corrected chi connectivity index (χ0v) is 13.1. The van der Waals surface area contributed by atoms with Gasteiger partial charge in [0.2, 0.25) is 15.9 Å². The number of primary sulfonamides is 1. The Morgan fingerprint density at radius 2 is 1.95 bits per heavy atom. The maximum absolute atomic E-state index is 12.5. The van der Waals surface area contributed by atoms with Gasteiger partial charge in [-0.25, -0.2) is 13.6 Å². The van der Waals surface area contributed by atoms with Crippen LogP contribution in [-0.2, 0) is 21.2 Å². The predicted octanol–water partition coefficient (Wildman–Crippen LogP) is -0.872. The van der Waals surface area contributed by atoms with E-state index in [-0.39, 0.29) is 10.8 Å². The third-order valence-corrected chi connectivity index (χ3v) is 5.06. The molecule has 0 atom stereocenters. The van der Waals surface area contributed by atoms with E-state index in [0.717, 1.165) is 37.4 Å². The molecule has 3 N–H and O–H groups in total. The van der Waals surface area contributed by atoms with Gasteiger partial charge in [-0.2, -0.15) is 0 Å². The van der Waals surface area contributed by atoms with Gasteiger partial charge in [-0.05, 0) is 30.2 Å². The van der Waals surface area contributed by atoms with Crippen molar-refractivity contribution in [2.24, 2.45) is 5.14 Å². The molecule has 0 spiro atoms. The van der Waals surface area contributed by atoms with Crippen LogP contribution in [-0.4, -0.2) is 58.5 Å². The number of carbonyl (C=O) groups excluding carboxylic acids is 1. The van der Waals surface area contributed by atoms with Crippen LogP contribution in [0.3, 0.4) is 0 Å². The van der Waals surface area contributed by atoms with E-state index in [1.165, 1.54) is 6.07 Å². The largest absolute Gasteiger partial charge is 0.314 e. The van der Waals surface area contributed by atoms with Crippen LogP contribution in [0.4, 0.5) is 5.69 Å². The highest BCUT2D eigenvalue weighted by Crippen LogP contribution is 2.30. The molecule has 2 aliphatic rings. The van der Waals surface area contributed by atoms with Crippen LogP contribution < -0.4 is 15.4 Å². The van der Waals surface area contributed by atoms with Crippen molar-refractivity contribution in [1.29, 1.82) is 0 Å². The van der Waals surface area contributed by atoms with Crippen molar-refractivity contribution in [2.75, 3.05) is 44.2 Å². The number of nitrogens with one attached hydrogen (secondary N) is 1. The number of sulfonamides is 1. The van der Waals surface area contributed by atoms with Crippen LogP contribution in [0.25, 0.3) is 0 Å². The van der Waals surface area contributed by atoms with Crippen molar-refractivity contribution < 1.29 is 13.2 Å². The fourth-order valence-corrected chi connectivity index (χ4v) is 3.52. The fourth-order valence-electron chi connectivity index (χ4n) is 2.96. The molecule has 1 saturated heterocycles. The lowest BCUT2D eigenvalue weighted by Gasteiger charge is -2.28. The predicted molar refractivity (Wildman–Crippen MR) is 83.2 cm³/mol. The van der Waals surface area contributed by atoms with Gasteiger partial charge in [0.05, 0.1) is 11.4 Å². The number of amides is 1. The molecule has 8 heteroatoms. The van der Waals surface area contributed by atoms with Crippen molar-refractivity contribution in [1.82, 2.24) is 10.2 Å². The van der Waals surface area contributed by atoms with Crippen molar-refractivity contribution in [2.45, 2.75) is 11.3 Å². The van der Waals surface area contributed by atoms with Crippen LogP contribution in [0.15, 0.2) is 23.1 Å². The number of nitrogens with zero attached hydrogens (tertiary/aromatic N) is 2. The van der Waals surface area contributed by atoms with E-state index in [1.54, 1.807) is 17.0 Å². The summed E-state index contributed by atoms with van der Waals surface area (Å²) in [5.74, 6) is 0.0593. The summed E-state index contributed by atoms with van der Waals surface area (Å²) in [6, 6.07) is 4.71. The second kappa shape index (κ2) is 5.96. The molecule has 0 bridgehead atoms. The van der Waals surface area contributed by atoms with Gasteiger partial charge in [-0.1, -0.05) is 0 Å². The first-order valence-corrected chi connectivity index (χ1v) is 8.89. The smallest absolute Gasteiger partial charge is 0.241 e. The molecule has 3 rings (SSSR count). The van der Waals surface area contributed by atoms with Gasteiger partial charge < -0.3 is 10.2 Å². The summed E-state index contributed by atoms with van der Waals surface area (Å²) in [6.45, 7) is 4.54. The Kier molecular flexibility index (Phi) is 4.18. The first-order chi connectivity index (χ1) is 10.4. The van der Waals surface area contributed by atoms with Gasteiger partial charge in [-0.15, -0.1) is 0 Å². The molecular weight excluding hydrogens is 304 g/mol. The molecule has 0 aliphatic carbocycles. The summed E-state index contributed by atoms with van der Waals surface area (Å²) in [4.78, 5) is 16.5. The first kappa shape index (κ1) is 15.4. The molecule has 2 heterocycles. The van der Waals surface area contributed by atoms with E-state index in [2.05, 4.69) is 10.2 Å². The number of anilines is 1. The number of carbonyl (C=O) groups is 1. The highest BCUT2D eigenvalue weighted by Gasteiger charge is 2.27. The van der Waals surface area contributed by atoms with Crippen molar-refractivity contribution in [3.8, 4) is 0 Å². The zero-order chi connectivity index (χ0) is 15.7. The molecule has 1 amide bonds. The number of nitrogens with two attached hydrogens (primary N) is 1. The summed E-state index contributed by atoms with van der Waals surface area (Å²) >= 11 is 0. The van der Waals surface area contributed by atoms with Crippen LogP contribution in [0.1, 0.15) is 5.56 Å². The summed E-state index contributed by atoms with van der Waals surface area (Å²) in [6.07, 6.45) is 0.659. The van der Waals surface area contributed by atoms with Crippen molar-refractivity contribution in [3.63, 3.8) is 0 Å². The van der Waals surface area contributed by atoms with Gasteiger partial charge >= 0.3 is 0 Å². The van der Waals surface area contributed by atoms with Crippen LogP contribution in [0.2, 0.25) is 0 Å². The summed E-state index contributed by atoms with van der Waals surface area (Å²) in [5.41, 5.74) is 1.66. The van der Waals surface area contributed by atoms with Crippen molar-refractivity contribution in [3.05, 3.63) is 23.8 Å². The number of hydrogen-bond acceptors (Lipinski definition) is 5. The van der Waals surface area contributed by atoms with Gasteiger partial charge in [0.25, 0.3) is 0 Å². The Hall–Kier alpha value is -1.48. The Labute approximate surface area is 130 Å². The molecular formula is C14H20N4O3S. The summed E-state index contributed by atoms with van der Waals surface area (Å²) in [5, 5.41) is 8.41. The number of fused-ring (bicyclic) bond motifs is 1. The number of piperazine rings is 1. The average Bonchev–Trinajstić information content (AvgIpc) is 2.90. The monoisotopic (exact) mass is 324 g/mol. The van der Waals surface area contributed by atoms with E-state index in [1.807, 2.05) is 0 Å². The number of rotatable bonds is 3. The van der Waals surface area contributed by atoms with E-state index >= 15 is 0 Å². The summed E-state index contributed by atoms with van der Waals surface area (Å²) < 4.78 is 22.8. The van der Waals surface area contributed by atoms with Crippen LogP contribution >= 0.6 is 0 Å². The second-order valence-corrected chi connectivity index (χ2v) is 7.22. The number of benzene rings is 1. The minimum absolute atomic E-state index is 0.0593. The molecule has 120 valence electrons. The first-order valence-electron chi connectivity index (χ1n) is 7.34. The zero-order valence-electron chi connectivity index (χ0n) is 12.3. The maximum atomic E-state index is 12.5. The quantitative estimate of drug-likeness (QED) is 0.753. The topological polar surface area (TPSA) is 95.7 Å². The fraction of sp³-hybridized carbons (Fsp3) is 0.500. The molecule has 0 radical (unpaired) electrons. The van der Waals surface area contributed by atoms with Crippen molar-refractivity contribution >= 4 is 21.6 Å². The van der Waals surface area contributed by atoms with E-state index in [4.69, 9.17) is 5.14 Å². The molecule has 1 aromatic carbocycles. The van der Waals surface area contributed by atoms with Gasteiger partial charge in [0.1, 0.15) is 0 Å². The molecule has 2 aliphatic heterocycles.